The Bertz CT molecular complexity index is 489. The zero-order chi connectivity index (χ0) is 13.1. The van der Waals surface area contributed by atoms with Crippen LogP contribution in [0, 0.1) is 0 Å². The smallest absolute Gasteiger partial charge is 0.163 e. The highest BCUT2D eigenvalue weighted by Crippen LogP contribution is 2.10. The number of Topliss-reactive ketones (excluding diaryl/α,β-unsaturated/α-hetero) is 1. The lowest BCUT2D eigenvalue weighted by molar-refractivity contribution is 0.0989. The Balaban J connectivity index is 2.65. The molecule has 0 saturated carbocycles. The van der Waals surface area contributed by atoms with Gasteiger partial charge < -0.3 is 5.73 Å². The first-order valence-electron chi connectivity index (χ1n) is 5.43. The first kappa shape index (κ1) is 13.7. The summed E-state index contributed by atoms with van der Waals surface area (Å²) in [6.45, 7) is 3.23. The van der Waals surface area contributed by atoms with Crippen molar-refractivity contribution in [3.8, 4) is 0 Å². The van der Waals surface area contributed by atoms with Crippen LogP contribution in [0.5, 0.6) is 0 Å². The summed E-state index contributed by atoms with van der Waals surface area (Å²) in [6, 6.07) is 6.48. The second-order valence-electron chi connectivity index (χ2n) is 4.21. The summed E-state index contributed by atoms with van der Waals surface area (Å²) >= 11 is 0. The summed E-state index contributed by atoms with van der Waals surface area (Å²) in [5.74, 6) is -0.275. The molecular formula is C12H17NO3S. The highest BCUT2D eigenvalue weighted by molar-refractivity contribution is 7.91. The van der Waals surface area contributed by atoms with Gasteiger partial charge in [0.05, 0.1) is 11.0 Å². The summed E-state index contributed by atoms with van der Waals surface area (Å²) in [5.41, 5.74) is 6.58. The quantitative estimate of drug-likeness (QED) is 0.641. The summed E-state index contributed by atoms with van der Waals surface area (Å²) in [5, 5.41) is -0.443. The minimum absolute atomic E-state index is 0.0183. The first-order chi connectivity index (χ1) is 7.83. The van der Waals surface area contributed by atoms with Crippen LogP contribution < -0.4 is 5.73 Å². The summed E-state index contributed by atoms with van der Waals surface area (Å²) in [7, 11) is -3.15. The largest absolute Gasteiger partial charge is 0.399 e. The molecule has 0 amide bonds. The van der Waals surface area contributed by atoms with E-state index < -0.39 is 15.1 Å². The average Bonchev–Trinajstić information content (AvgIpc) is 2.27. The van der Waals surface area contributed by atoms with Gasteiger partial charge in [0.1, 0.15) is 0 Å². The molecular weight excluding hydrogens is 238 g/mol. The Morgan fingerprint density at radius 2 is 1.76 bits per heavy atom. The second kappa shape index (κ2) is 5.31. The number of carbonyl (C=O) groups is 1. The Morgan fingerprint density at radius 1 is 1.24 bits per heavy atom. The number of nitrogens with two attached hydrogens (primary N) is 1. The third-order valence-corrected chi connectivity index (χ3v) is 4.77. The molecule has 0 fully saturated rings. The van der Waals surface area contributed by atoms with Gasteiger partial charge in [0.25, 0.3) is 0 Å². The van der Waals surface area contributed by atoms with Gasteiger partial charge in [-0.05, 0) is 38.1 Å². The molecule has 0 radical (unpaired) electrons. The van der Waals surface area contributed by atoms with Crippen molar-refractivity contribution in [3.05, 3.63) is 29.8 Å². The van der Waals surface area contributed by atoms with Crippen LogP contribution in [0.15, 0.2) is 24.3 Å². The molecule has 0 bridgehead atoms. The van der Waals surface area contributed by atoms with Crippen molar-refractivity contribution in [2.24, 2.45) is 0 Å². The number of hydrogen-bond donors (Lipinski definition) is 1. The third kappa shape index (κ3) is 3.85. The third-order valence-electron chi connectivity index (χ3n) is 2.56. The maximum Gasteiger partial charge on any atom is 0.163 e. The molecule has 0 unspecified atom stereocenters. The maximum absolute atomic E-state index is 11.7. The highest BCUT2D eigenvalue weighted by Gasteiger charge is 2.18. The number of hydrogen-bond acceptors (Lipinski definition) is 4. The molecule has 2 N–H and O–H groups in total. The molecule has 0 aromatic heterocycles. The van der Waals surface area contributed by atoms with Crippen molar-refractivity contribution >= 4 is 21.3 Å². The molecule has 1 aromatic rings. The number of carbonyl (C=O) groups excluding carboxylic acids is 1. The zero-order valence-electron chi connectivity index (χ0n) is 10.0. The Morgan fingerprint density at radius 3 is 2.24 bits per heavy atom. The van der Waals surface area contributed by atoms with Gasteiger partial charge in [-0.2, -0.15) is 0 Å². The van der Waals surface area contributed by atoms with Crippen molar-refractivity contribution < 1.29 is 13.2 Å². The topological polar surface area (TPSA) is 77.2 Å². The fourth-order valence-electron chi connectivity index (χ4n) is 1.28. The molecule has 5 heteroatoms. The van der Waals surface area contributed by atoms with E-state index in [0.29, 0.717) is 11.3 Å². The lowest BCUT2D eigenvalue weighted by Gasteiger charge is -2.06. The lowest BCUT2D eigenvalue weighted by atomic mass is 10.1. The summed E-state index contributed by atoms with van der Waals surface area (Å²) in [6.07, 6.45) is 0.0183. The van der Waals surface area contributed by atoms with Crippen LogP contribution in [0.3, 0.4) is 0 Å². The molecule has 4 nitrogen and oxygen atoms in total. The van der Waals surface area contributed by atoms with E-state index in [0.717, 1.165) is 0 Å². The predicted molar refractivity (Wildman–Crippen MR) is 68.7 cm³/mol. The molecule has 0 spiro atoms. The van der Waals surface area contributed by atoms with E-state index in [-0.39, 0.29) is 18.0 Å². The standard InChI is InChI=1S/C12H17NO3S/c1-9(2)17(15,16)8-7-12(14)10-3-5-11(13)6-4-10/h3-6,9H,7-8,13H2,1-2H3. The van der Waals surface area contributed by atoms with Crippen LogP contribution in [0.2, 0.25) is 0 Å². The number of benzene rings is 1. The molecule has 0 aliphatic carbocycles. The van der Waals surface area contributed by atoms with E-state index in [1.807, 2.05) is 0 Å². The molecule has 94 valence electrons. The molecule has 17 heavy (non-hydrogen) atoms. The van der Waals surface area contributed by atoms with Gasteiger partial charge in [-0.3, -0.25) is 4.79 Å². The predicted octanol–water partition coefficient (Wildman–Crippen LogP) is 1.66. The lowest BCUT2D eigenvalue weighted by Crippen LogP contribution is -2.19. The first-order valence-corrected chi connectivity index (χ1v) is 7.15. The van der Waals surface area contributed by atoms with Gasteiger partial charge in [-0.1, -0.05) is 0 Å². The van der Waals surface area contributed by atoms with Gasteiger partial charge >= 0.3 is 0 Å². The molecule has 0 aliphatic heterocycles. The van der Waals surface area contributed by atoms with E-state index in [1.54, 1.807) is 38.1 Å². The van der Waals surface area contributed by atoms with Gasteiger partial charge in [-0.25, -0.2) is 8.42 Å². The van der Waals surface area contributed by atoms with Crippen molar-refractivity contribution in [1.82, 2.24) is 0 Å². The number of rotatable bonds is 5. The van der Waals surface area contributed by atoms with Crippen molar-refractivity contribution in [3.63, 3.8) is 0 Å². The van der Waals surface area contributed by atoms with Crippen LogP contribution in [-0.4, -0.2) is 25.2 Å². The number of nitrogen functional groups attached to an aromatic ring is 1. The van der Waals surface area contributed by atoms with Crippen LogP contribution in [0.25, 0.3) is 0 Å². The molecule has 0 saturated heterocycles. The normalized spacial score (nSPS) is 11.7. The number of anilines is 1. The van der Waals surface area contributed by atoms with E-state index in [2.05, 4.69) is 0 Å². The average molecular weight is 255 g/mol. The zero-order valence-corrected chi connectivity index (χ0v) is 10.8. The van der Waals surface area contributed by atoms with Crippen LogP contribution in [0.1, 0.15) is 30.6 Å². The Kier molecular flexibility index (Phi) is 4.28. The maximum atomic E-state index is 11.7. The van der Waals surface area contributed by atoms with Crippen LogP contribution in [0.4, 0.5) is 5.69 Å². The highest BCUT2D eigenvalue weighted by atomic mass is 32.2. The van der Waals surface area contributed by atoms with Gasteiger partial charge in [0.15, 0.2) is 15.6 Å². The van der Waals surface area contributed by atoms with Crippen molar-refractivity contribution in [2.45, 2.75) is 25.5 Å². The van der Waals surface area contributed by atoms with E-state index in [9.17, 15) is 13.2 Å². The second-order valence-corrected chi connectivity index (χ2v) is 6.89. The van der Waals surface area contributed by atoms with Crippen LogP contribution in [-0.2, 0) is 9.84 Å². The van der Waals surface area contributed by atoms with Crippen molar-refractivity contribution in [2.75, 3.05) is 11.5 Å². The number of sulfone groups is 1. The van der Waals surface area contributed by atoms with Gasteiger partial charge in [0, 0.05) is 17.7 Å². The minimum Gasteiger partial charge on any atom is -0.399 e. The SMILES string of the molecule is CC(C)S(=O)(=O)CCC(=O)c1ccc(N)cc1. The van der Waals surface area contributed by atoms with E-state index in [1.165, 1.54) is 0 Å². The van der Waals surface area contributed by atoms with Gasteiger partial charge in [-0.15, -0.1) is 0 Å². The Labute approximate surface area is 102 Å². The summed E-state index contributed by atoms with van der Waals surface area (Å²) < 4.78 is 23.1. The van der Waals surface area contributed by atoms with Crippen molar-refractivity contribution in [1.29, 1.82) is 0 Å². The minimum atomic E-state index is -3.15. The van der Waals surface area contributed by atoms with Crippen LogP contribution >= 0.6 is 0 Å². The summed E-state index contributed by atoms with van der Waals surface area (Å²) in [4.78, 5) is 11.7. The number of ketones is 1. The van der Waals surface area contributed by atoms with E-state index in [4.69, 9.17) is 5.73 Å². The van der Waals surface area contributed by atoms with E-state index >= 15 is 0 Å². The fourth-order valence-corrected chi connectivity index (χ4v) is 2.23. The van der Waals surface area contributed by atoms with Gasteiger partial charge in [0.2, 0.25) is 0 Å². The Hall–Kier alpha value is -1.36. The molecule has 1 rings (SSSR count). The molecule has 0 atom stereocenters. The fraction of sp³-hybridized carbons (Fsp3) is 0.417. The molecule has 0 aliphatic rings. The monoisotopic (exact) mass is 255 g/mol. The molecule has 1 aromatic carbocycles. The molecule has 0 heterocycles.